The Morgan fingerprint density at radius 2 is 2.29 bits per heavy atom. The van der Waals surface area contributed by atoms with Gasteiger partial charge in [0.15, 0.2) is 0 Å². The highest BCUT2D eigenvalue weighted by atomic mass is 16.3. The first kappa shape index (κ1) is 9.06. The van der Waals surface area contributed by atoms with Crippen LogP contribution in [0, 0.1) is 0 Å². The lowest BCUT2D eigenvalue weighted by atomic mass is 10.2. The van der Waals surface area contributed by atoms with Gasteiger partial charge in [0.2, 0.25) is 0 Å². The first-order chi connectivity index (χ1) is 6.79. The number of phenols is 1. The van der Waals surface area contributed by atoms with Gasteiger partial charge in [0.05, 0.1) is 11.0 Å². The van der Waals surface area contributed by atoms with Gasteiger partial charge in [0.25, 0.3) is 0 Å². The van der Waals surface area contributed by atoms with Crippen LogP contribution in [0.4, 0.5) is 0 Å². The number of benzene rings is 1. The number of H-pyrrole nitrogens is 1. The second-order valence-corrected chi connectivity index (χ2v) is 3.49. The summed E-state index contributed by atoms with van der Waals surface area (Å²) in [6, 6.07) is 5.20. The van der Waals surface area contributed by atoms with Gasteiger partial charge in [-0.15, -0.1) is 0 Å². The second-order valence-electron chi connectivity index (χ2n) is 3.49. The lowest BCUT2D eigenvalue weighted by Crippen LogP contribution is -1.86. The van der Waals surface area contributed by atoms with Crippen molar-refractivity contribution >= 4 is 11.0 Å². The van der Waals surface area contributed by atoms with Crippen molar-refractivity contribution < 1.29 is 5.11 Å². The number of aryl methyl sites for hydroxylation is 1. The molecule has 1 aromatic carbocycles. The molecule has 0 radical (unpaired) electrons. The smallest absolute Gasteiger partial charge is 0.117 e. The van der Waals surface area contributed by atoms with Gasteiger partial charge in [-0.2, -0.15) is 0 Å². The lowest BCUT2D eigenvalue weighted by molar-refractivity contribution is 0.476. The van der Waals surface area contributed by atoms with Crippen molar-refractivity contribution in [1.29, 1.82) is 0 Å². The van der Waals surface area contributed by atoms with E-state index >= 15 is 0 Å². The number of hydrogen-bond donors (Lipinski definition) is 2. The first-order valence-electron chi connectivity index (χ1n) is 4.97. The highest BCUT2D eigenvalue weighted by molar-refractivity contribution is 5.76. The minimum Gasteiger partial charge on any atom is -0.508 e. The molecule has 14 heavy (non-hydrogen) atoms. The zero-order chi connectivity index (χ0) is 9.97. The van der Waals surface area contributed by atoms with Crippen LogP contribution in [0.3, 0.4) is 0 Å². The van der Waals surface area contributed by atoms with Crippen molar-refractivity contribution in [2.24, 2.45) is 0 Å². The molecule has 0 spiro atoms. The van der Waals surface area contributed by atoms with Gasteiger partial charge in [-0.1, -0.05) is 13.3 Å². The maximum atomic E-state index is 9.27. The van der Waals surface area contributed by atoms with Crippen molar-refractivity contribution in [1.82, 2.24) is 9.97 Å². The molecule has 0 atom stereocenters. The van der Waals surface area contributed by atoms with Crippen LogP contribution in [0.5, 0.6) is 5.75 Å². The number of aromatic hydroxyl groups is 1. The Bertz CT molecular complexity index is 434. The molecule has 0 aliphatic rings. The molecule has 0 amide bonds. The largest absolute Gasteiger partial charge is 0.508 e. The van der Waals surface area contributed by atoms with E-state index in [1.807, 2.05) is 6.07 Å². The Morgan fingerprint density at radius 1 is 1.43 bits per heavy atom. The van der Waals surface area contributed by atoms with Crippen molar-refractivity contribution in [3.63, 3.8) is 0 Å². The number of fused-ring (bicyclic) bond motifs is 1. The fourth-order valence-corrected chi connectivity index (χ4v) is 1.51. The zero-order valence-corrected chi connectivity index (χ0v) is 8.25. The standard InChI is InChI=1S/C11H14N2O/c1-2-3-4-11-12-9-6-5-8(14)7-10(9)13-11/h5-7,14H,2-4H2,1H3,(H,12,13). The molecule has 3 heteroatoms. The minimum atomic E-state index is 0.281. The third-order valence-corrected chi connectivity index (χ3v) is 2.28. The number of rotatable bonds is 3. The van der Waals surface area contributed by atoms with Gasteiger partial charge in [0.1, 0.15) is 11.6 Å². The van der Waals surface area contributed by atoms with E-state index in [-0.39, 0.29) is 5.75 Å². The Morgan fingerprint density at radius 3 is 3.07 bits per heavy atom. The average molecular weight is 190 g/mol. The van der Waals surface area contributed by atoms with Gasteiger partial charge in [0, 0.05) is 12.5 Å². The van der Waals surface area contributed by atoms with Gasteiger partial charge >= 0.3 is 0 Å². The Hall–Kier alpha value is -1.51. The molecule has 74 valence electrons. The van der Waals surface area contributed by atoms with Gasteiger partial charge < -0.3 is 10.1 Å². The van der Waals surface area contributed by atoms with Gasteiger partial charge in [-0.25, -0.2) is 4.98 Å². The zero-order valence-electron chi connectivity index (χ0n) is 8.25. The SMILES string of the molecule is CCCCc1nc2ccc(O)cc2[nH]1. The maximum absolute atomic E-state index is 9.27. The molecule has 0 aliphatic heterocycles. The van der Waals surface area contributed by atoms with E-state index in [1.165, 1.54) is 6.42 Å². The molecule has 0 unspecified atom stereocenters. The van der Waals surface area contributed by atoms with Crippen LogP contribution >= 0.6 is 0 Å². The molecule has 1 heterocycles. The summed E-state index contributed by atoms with van der Waals surface area (Å²) in [6.07, 6.45) is 3.29. The number of phenolic OH excluding ortho intramolecular Hbond substituents is 1. The van der Waals surface area contributed by atoms with Crippen LogP contribution in [-0.2, 0) is 6.42 Å². The van der Waals surface area contributed by atoms with Crippen molar-refractivity contribution in [2.45, 2.75) is 26.2 Å². The van der Waals surface area contributed by atoms with Crippen LogP contribution in [0.1, 0.15) is 25.6 Å². The Balaban J connectivity index is 2.32. The molecular weight excluding hydrogens is 176 g/mol. The van der Waals surface area contributed by atoms with E-state index in [2.05, 4.69) is 16.9 Å². The Kier molecular flexibility index (Phi) is 2.39. The molecule has 0 bridgehead atoms. The van der Waals surface area contributed by atoms with E-state index in [9.17, 15) is 5.11 Å². The van der Waals surface area contributed by atoms with Crippen LogP contribution < -0.4 is 0 Å². The summed E-state index contributed by atoms with van der Waals surface area (Å²) >= 11 is 0. The molecule has 1 aromatic heterocycles. The first-order valence-corrected chi connectivity index (χ1v) is 4.97. The highest BCUT2D eigenvalue weighted by Crippen LogP contribution is 2.18. The molecule has 2 rings (SSSR count). The molecule has 0 saturated heterocycles. The number of nitrogens with one attached hydrogen (secondary N) is 1. The summed E-state index contributed by atoms with van der Waals surface area (Å²) in [5.41, 5.74) is 1.84. The molecule has 0 aliphatic carbocycles. The van der Waals surface area contributed by atoms with Gasteiger partial charge in [-0.05, 0) is 18.6 Å². The molecule has 0 saturated carbocycles. The Labute approximate surface area is 82.8 Å². The van der Waals surface area contributed by atoms with Crippen LogP contribution in [0.25, 0.3) is 11.0 Å². The third kappa shape index (κ3) is 1.71. The summed E-state index contributed by atoms with van der Waals surface area (Å²) in [4.78, 5) is 7.62. The van der Waals surface area contributed by atoms with Crippen LogP contribution in [0.15, 0.2) is 18.2 Å². The number of unbranched alkanes of at least 4 members (excludes halogenated alkanes) is 1. The molecular formula is C11H14N2O. The van der Waals surface area contributed by atoms with E-state index < -0.39 is 0 Å². The number of imidazole rings is 1. The van der Waals surface area contributed by atoms with E-state index in [1.54, 1.807) is 12.1 Å². The average Bonchev–Trinajstić information content (AvgIpc) is 2.56. The summed E-state index contributed by atoms with van der Waals surface area (Å²) in [5, 5.41) is 9.27. The highest BCUT2D eigenvalue weighted by Gasteiger charge is 2.02. The van der Waals surface area contributed by atoms with E-state index in [0.29, 0.717) is 0 Å². The topological polar surface area (TPSA) is 48.9 Å². The monoisotopic (exact) mass is 190 g/mol. The summed E-state index contributed by atoms with van der Waals surface area (Å²) in [5.74, 6) is 1.29. The van der Waals surface area contributed by atoms with E-state index in [0.717, 1.165) is 29.7 Å². The van der Waals surface area contributed by atoms with Crippen molar-refractivity contribution in [3.05, 3.63) is 24.0 Å². The van der Waals surface area contributed by atoms with Crippen molar-refractivity contribution in [3.8, 4) is 5.75 Å². The third-order valence-electron chi connectivity index (χ3n) is 2.28. The van der Waals surface area contributed by atoms with Gasteiger partial charge in [-0.3, -0.25) is 0 Å². The minimum absolute atomic E-state index is 0.281. The fraction of sp³-hybridized carbons (Fsp3) is 0.364. The van der Waals surface area contributed by atoms with Crippen LogP contribution in [0.2, 0.25) is 0 Å². The predicted octanol–water partition coefficient (Wildman–Crippen LogP) is 2.61. The van der Waals surface area contributed by atoms with Crippen LogP contribution in [-0.4, -0.2) is 15.1 Å². The second kappa shape index (κ2) is 3.70. The van der Waals surface area contributed by atoms with Crippen molar-refractivity contribution in [2.75, 3.05) is 0 Å². The quantitative estimate of drug-likeness (QED) is 0.781. The lowest BCUT2D eigenvalue weighted by Gasteiger charge is -1.91. The number of nitrogens with zero attached hydrogens (tertiary/aromatic N) is 1. The van der Waals surface area contributed by atoms with E-state index in [4.69, 9.17) is 0 Å². The number of hydrogen-bond acceptors (Lipinski definition) is 2. The molecule has 0 fully saturated rings. The summed E-state index contributed by atoms with van der Waals surface area (Å²) in [6.45, 7) is 2.16. The predicted molar refractivity (Wildman–Crippen MR) is 56.4 cm³/mol. The maximum Gasteiger partial charge on any atom is 0.117 e. The molecule has 2 aromatic rings. The molecule has 2 N–H and O–H groups in total. The summed E-state index contributed by atoms with van der Waals surface area (Å²) in [7, 11) is 0. The fourth-order valence-electron chi connectivity index (χ4n) is 1.51. The summed E-state index contributed by atoms with van der Waals surface area (Å²) < 4.78 is 0. The molecule has 3 nitrogen and oxygen atoms in total. The number of aromatic nitrogens is 2. The normalized spacial score (nSPS) is 10.9. The number of aromatic amines is 1.